The van der Waals surface area contributed by atoms with E-state index in [0.29, 0.717) is 5.41 Å². The van der Waals surface area contributed by atoms with Crippen LogP contribution in [-0.2, 0) is 13.6 Å². The van der Waals surface area contributed by atoms with Gasteiger partial charge in [0.05, 0.1) is 6.54 Å². The first-order chi connectivity index (χ1) is 7.13. The molecule has 1 unspecified atom stereocenters. The number of nitrogens with two attached hydrogens (primary N) is 1. The fraction of sp³-hybridized carbons (Fsp3) is 0.800. The topological polar surface area (TPSA) is 60.0 Å². The lowest BCUT2D eigenvalue weighted by molar-refractivity contribution is 0.266. The predicted octanol–water partition coefficient (Wildman–Crippen LogP) is -0.0142. The summed E-state index contributed by atoms with van der Waals surface area (Å²) in [6, 6.07) is 0. The molecule has 0 aromatic carbocycles. The molecule has 0 aliphatic carbocycles. The van der Waals surface area contributed by atoms with E-state index in [1.54, 1.807) is 6.33 Å². The number of nitrogens with zero attached hydrogens (tertiary/aromatic N) is 4. The van der Waals surface area contributed by atoms with E-state index in [1.807, 2.05) is 11.7 Å². The monoisotopic (exact) mass is 209 g/mol. The van der Waals surface area contributed by atoms with Crippen molar-refractivity contribution in [1.29, 1.82) is 0 Å². The minimum Gasteiger partial charge on any atom is -0.330 e. The number of rotatable bonds is 3. The average molecular weight is 209 g/mol. The Kier molecular flexibility index (Phi) is 2.75. The molecule has 1 aromatic heterocycles. The molecular formula is C10H19N5. The lowest BCUT2D eigenvalue weighted by Crippen LogP contribution is -2.31. The molecule has 1 aromatic rings. The van der Waals surface area contributed by atoms with E-state index in [0.717, 1.165) is 32.0 Å². The summed E-state index contributed by atoms with van der Waals surface area (Å²) in [7, 11) is 1.93. The largest absolute Gasteiger partial charge is 0.330 e. The van der Waals surface area contributed by atoms with E-state index >= 15 is 0 Å². The molecule has 84 valence electrons. The van der Waals surface area contributed by atoms with Gasteiger partial charge in [-0.15, -0.1) is 0 Å². The molecule has 0 spiro atoms. The molecule has 1 aliphatic rings. The van der Waals surface area contributed by atoms with Crippen LogP contribution in [0.4, 0.5) is 0 Å². The van der Waals surface area contributed by atoms with Crippen LogP contribution in [0.25, 0.3) is 0 Å². The number of likely N-dealkylation sites (tertiary alicyclic amines) is 1. The first-order valence-electron chi connectivity index (χ1n) is 5.38. The second-order valence-electron chi connectivity index (χ2n) is 4.78. The smallest absolute Gasteiger partial charge is 0.140 e. The van der Waals surface area contributed by atoms with Crippen molar-refractivity contribution < 1.29 is 0 Å². The van der Waals surface area contributed by atoms with Gasteiger partial charge in [-0.2, -0.15) is 5.10 Å². The highest BCUT2D eigenvalue weighted by Gasteiger charge is 2.32. The molecule has 5 heteroatoms. The summed E-state index contributed by atoms with van der Waals surface area (Å²) in [4.78, 5) is 6.63. The fourth-order valence-corrected chi connectivity index (χ4v) is 2.09. The molecule has 1 aliphatic heterocycles. The van der Waals surface area contributed by atoms with Gasteiger partial charge in [0, 0.05) is 13.6 Å². The molecule has 0 amide bonds. The quantitative estimate of drug-likeness (QED) is 0.760. The van der Waals surface area contributed by atoms with E-state index in [1.165, 1.54) is 6.42 Å². The van der Waals surface area contributed by atoms with Crippen molar-refractivity contribution in [2.24, 2.45) is 18.2 Å². The summed E-state index contributed by atoms with van der Waals surface area (Å²) in [5.41, 5.74) is 6.06. The van der Waals surface area contributed by atoms with Gasteiger partial charge in [-0.25, -0.2) is 4.98 Å². The molecule has 0 bridgehead atoms. The SMILES string of the molecule is Cn1ncnc1CN1CCC(C)(CN)C1. The van der Waals surface area contributed by atoms with Gasteiger partial charge >= 0.3 is 0 Å². The zero-order valence-electron chi connectivity index (χ0n) is 9.48. The minimum atomic E-state index is 0.290. The summed E-state index contributed by atoms with van der Waals surface area (Å²) in [6.07, 6.45) is 2.79. The summed E-state index contributed by atoms with van der Waals surface area (Å²) >= 11 is 0. The molecule has 1 atom stereocenters. The van der Waals surface area contributed by atoms with Crippen molar-refractivity contribution in [3.8, 4) is 0 Å². The van der Waals surface area contributed by atoms with Crippen LogP contribution in [0, 0.1) is 5.41 Å². The zero-order chi connectivity index (χ0) is 10.9. The summed E-state index contributed by atoms with van der Waals surface area (Å²) in [5.74, 6) is 1.02. The Bertz CT molecular complexity index is 334. The van der Waals surface area contributed by atoms with Crippen LogP contribution >= 0.6 is 0 Å². The van der Waals surface area contributed by atoms with E-state index in [9.17, 15) is 0 Å². The standard InChI is InChI=1S/C10H19N5/c1-10(6-11)3-4-15(7-10)5-9-12-8-13-14(9)2/h8H,3-7,11H2,1-2H3. The number of hydrogen-bond donors (Lipinski definition) is 1. The van der Waals surface area contributed by atoms with Crippen LogP contribution in [0.2, 0.25) is 0 Å². The highest BCUT2D eigenvalue weighted by molar-refractivity contribution is 4.91. The maximum Gasteiger partial charge on any atom is 0.140 e. The molecule has 2 N–H and O–H groups in total. The third-order valence-corrected chi connectivity index (χ3v) is 3.30. The second kappa shape index (κ2) is 3.90. The van der Waals surface area contributed by atoms with Gasteiger partial charge in [-0.1, -0.05) is 6.92 Å². The molecule has 0 radical (unpaired) electrons. The molecule has 0 saturated carbocycles. The van der Waals surface area contributed by atoms with Gasteiger partial charge in [0.1, 0.15) is 12.2 Å². The van der Waals surface area contributed by atoms with Gasteiger partial charge in [-0.3, -0.25) is 9.58 Å². The zero-order valence-corrected chi connectivity index (χ0v) is 9.48. The summed E-state index contributed by atoms with van der Waals surface area (Å²) in [5, 5.41) is 4.07. The molecule has 2 rings (SSSR count). The normalized spacial score (nSPS) is 27.4. The molecule has 5 nitrogen and oxygen atoms in total. The lowest BCUT2D eigenvalue weighted by atomic mass is 9.90. The Hall–Kier alpha value is -0.940. The Morgan fingerprint density at radius 1 is 1.60 bits per heavy atom. The van der Waals surface area contributed by atoms with Crippen LogP contribution in [0.3, 0.4) is 0 Å². The first-order valence-corrected chi connectivity index (χ1v) is 5.38. The van der Waals surface area contributed by atoms with Crippen LogP contribution < -0.4 is 5.73 Å². The van der Waals surface area contributed by atoms with Crippen molar-refractivity contribution in [2.45, 2.75) is 19.9 Å². The Morgan fingerprint density at radius 2 is 2.40 bits per heavy atom. The maximum atomic E-state index is 5.77. The van der Waals surface area contributed by atoms with Crippen LogP contribution in [0.5, 0.6) is 0 Å². The van der Waals surface area contributed by atoms with Gasteiger partial charge in [0.25, 0.3) is 0 Å². The predicted molar refractivity (Wildman–Crippen MR) is 58.1 cm³/mol. The second-order valence-corrected chi connectivity index (χ2v) is 4.78. The lowest BCUT2D eigenvalue weighted by Gasteiger charge is -2.22. The fourth-order valence-electron chi connectivity index (χ4n) is 2.09. The highest BCUT2D eigenvalue weighted by Crippen LogP contribution is 2.28. The Balaban J connectivity index is 1.96. The number of hydrogen-bond acceptors (Lipinski definition) is 4. The first kappa shape index (κ1) is 10.6. The van der Waals surface area contributed by atoms with E-state index in [4.69, 9.17) is 5.73 Å². The molecule has 15 heavy (non-hydrogen) atoms. The van der Waals surface area contributed by atoms with Crippen molar-refractivity contribution in [3.63, 3.8) is 0 Å². The third-order valence-electron chi connectivity index (χ3n) is 3.30. The molecule has 1 saturated heterocycles. The van der Waals surface area contributed by atoms with Crippen LogP contribution in [0.15, 0.2) is 6.33 Å². The summed E-state index contributed by atoms with van der Waals surface area (Å²) in [6.45, 7) is 6.08. The number of aryl methyl sites for hydroxylation is 1. The van der Waals surface area contributed by atoms with Gasteiger partial charge in [-0.05, 0) is 24.9 Å². The van der Waals surface area contributed by atoms with Crippen molar-refractivity contribution >= 4 is 0 Å². The van der Waals surface area contributed by atoms with Crippen molar-refractivity contribution in [3.05, 3.63) is 12.2 Å². The third kappa shape index (κ3) is 2.18. The maximum absolute atomic E-state index is 5.77. The van der Waals surface area contributed by atoms with E-state index < -0.39 is 0 Å². The van der Waals surface area contributed by atoms with Crippen molar-refractivity contribution in [2.75, 3.05) is 19.6 Å². The average Bonchev–Trinajstić information content (AvgIpc) is 2.77. The van der Waals surface area contributed by atoms with Gasteiger partial charge in [0.2, 0.25) is 0 Å². The highest BCUT2D eigenvalue weighted by atomic mass is 15.3. The van der Waals surface area contributed by atoms with Crippen LogP contribution in [-0.4, -0.2) is 39.3 Å². The minimum absolute atomic E-state index is 0.290. The Labute approximate surface area is 90.3 Å². The van der Waals surface area contributed by atoms with E-state index in [2.05, 4.69) is 21.9 Å². The van der Waals surface area contributed by atoms with Gasteiger partial charge in [0.15, 0.2) is 0 Å². The Morgan fingerprint density at radius 3 is 2.93 bits per heavy atom. The molecule has 1 fully saturated rings. The van der Waals surface area contributed by atoms with Gasteiger partial charge < -0.3 is 5.73 Å². The van der Waals surface area contributed by atoms with Crippen LogP contribution in [0.1, 0.15) is 19.2 Å². The summed E-state index contributed by atoms with van der Waals surface area (Å²) < 4.78 is 1.83. The number of aromatic nitrogens is 3. The van der Waals surface area contributed by atoms with Crippen molar-refractivity contribution in [1.82, 2.24) is 19.7 Å². The molecule has 2 heterocycles. The molecular weight excluding hydrogens is 190 g/mol. The van der Waals surface area contributed by atoms with E-state index in [-0.39, 0.29) is 0 Å².